The van der Waals surface area contributed by atoms with E-state index >= 15 is 0 Å². The molecule has 3 atom stereocenters. The van der Waals surface area contributed by atoms with E-state index in [0.29, 0.717) is 0 Å². The van der Waals surface area contributed by atoms with E-state index < -0.39 is 20.6 Å². The Morgan fingerprint density at radius 2 is 1.84 bits per heavy atom. The molecule has 0 fully saturated rings. The molecule has 0 amide bonds. The van der Waals surface area contributed by atoms with Crippen LogP contribution in [0.3, 0.4) is 0 Å². The van der Waals surface area contributed by atoms with E-state index in [4.69, 9.17) is 0 Å². The van der Waals surface area contributed by atoms with Gasteiger partial charge in [0, 0.05) is 28.9 Å². The summed E-state index contributed by atoms with van der Waals surface area (Å²) >= 11 is 0. The van der Waals surface area contributed by atoms with Gasteiger partial charge in [0.15, 0.2) is 0 Å². The Morgan fingerprint density at radius 3 is 2.32 bits per heavy atom. The maximum Gasteiger partial charge on any atom is 0.148 e. The molecular formula is C13H21NO3S2. The van der Waals surface area contributed by atoms with Gasteiger partial charge >= 0.3 is 0 Å². The lowest BCUT2D eigenvalue weighted by Gasteiger charge is -2.23. The molecule has 0 saturated heterocycles. The number of sulfone groups is 1. The maximum atomic E-state index is 12.2. The van der Waals surface area contributed by atoms with Gasteiger partial charge in [-0.3, -0.25) is 4.21 Å². The van der Waals surface area contributed by atoms with Crippen molar-refractivity contribution in [2.24, 2.45) is 0 Å². The topological polar surface area (TPSA) is 63.2 Å². The lowest BCUT2D eigenvalue weighted by molar-refractivity contribution is 0.570. The molecule has 0 radical (unpaired) electrons. The normalized spacial score (nSPS) is 16.8. The molecule has 0 heterocycles. The van der Waals surface area contributed by atoms with E-state index in [0.717, 1.165) is 5.56 Å². The van der Waals surface area contributed by atoms with Crippen molar-refractivity contribution in [2.75, 3.05) is 24.8 Å². The Labute approximate surface area is 118 Å². The van der Waals surface area contributed by atoms with Gasteiger partial charge in [-0.1, -0.05) is 30.3 Å². The minimum atomic E-state index is -3.06. The van der Waals surface area contributed by atoms with Crippen molar-refractivity contribution in [3.05, 3.63) is 35.9 Å². The van der Waals surface area contributed by atoms with Crippen LogP contribution >= 0.6 is 0 Å². The van der Waals surface area contributed by atoms with Crippen molar-refractivity contribution < 1.29 is 12.6 Å². The van der Waals surface area contributed by atoms with Crippen LogP contribution in [0.2, 0.25) is 0 Å². The summed E-state index contributed by atoms with van der Waals surface area (Å²) in [7, 11) is -2.43. The zero-order chi connectivity index (χ0) is 14.5. The van der Waals surface area contributed by atoms with Crippen LogP contribution in [0, 0.1) is 0 Å². The Hall–Kier alpha value is -0.720. The van der Waals surface area contributed by atoms with Gasteiger partial charge in [-0.05, 0) is 19.5 Å². The van der Waals surface area contributed by atoms with Crippen molar-refractivity contribution in [2.45, 2.75) is 18.2 Å². The first-order chi connectivity index (χ1) is 8.85. The number of benzene rings is 1. The quantitative estimate of drug-likeness (QED) is 0.820. The van der Waals surface area contributed by atoms with Gasteiger partial charge in [-0.15, -0.1) is 0 Å². The van der Waals surface area contributed by atoms with E-state index in [1.54, 1.807) is 0 Å². The minimum absolute atomic E-state index is 0.0326. The molecule has 1 aromatic carbocycles. The van der Waals surface area contributed by atoms with Gasteiger partial charge in [0.1, 0.15) is 9.84 Å². The fraction of sp³-hybridized carbons (Fsp3) is 0.538. The Kier molecular flexibility index (Phi) is 6.16. The lowest BCUT2D eigenvalue weighted by Crippen LogP contribution is -2.32. The second-order valence-corrected chi connectivity index (χ2v) is 8.77. The molecule has 4 nitrogen and oxygen atoms in total. The lowest BCUT2D eigenvalue weighted by atomic mass is 10.0. The first kappa shape index (κ1) is 16.3. The second kappa shape index (κ2) is 7.17. The first-order valence-corrected chi connectivity index (χ1v) is 9.56. The maximum absolute atomic E-state index is 12.2. The van der Waals surface area contributed by atoms with Crippen LogP contribution in [0.4, 0.5) is 0 Å². The van der Waals surface area contributed by atoms with Crippen LogP contribution in [0.5, 0.6) is 0 Å². The molecule has 19 heavy (non-hydrogen) atoms. The van der Waals surface area contributed by atoms with E-state index in [1.807, 2.05) is 44.3 Å². The van der Waals surface area contributed by atoms with Gasteiger partial charge in [0.25, 0.3) is 0 Å². The van der Waals surface area contributed by atoms with E-state index in [1.165, 1.54) is 6.26 Å². The molecule has 6 heteroatoms. The molecule has 3 unspecified atom stereocenters. The van der Waals surface area contributed by atoms with Crippen LogP contribution in [-0.2, 0) is 20.6 Å². The van der Waals surface area contributed by atoms with E-state index in [-0.39, 0.29) is 22.8 Å². The third-order valence-electron chi connectivity index (χ3n) is 3.01. The van der Waals surface area contributed by atoms with Gasteiger partial charge in [-0.2, -0.15) is 0 Å². The zero-order valence-electron chi connectivity index (χ0n) is 11.5. The second-order valence-electron chi connectivity index (χ2n) is 4.60. The Balaban J connectivity index is 2.74. The van der Waals surface area contributed by atoms with Crippen LogP contribution in [0.25, 0.3) is 0 Å². The van der Waals surface area contributed by atoms with Crippen molar-refractivity contribution in [1.82, 2.24) is 5.32 Å². The Morgan fingerprint density at radius 1 is 1.26 bits per heavy atom. The standard InChI is InChI=1S/C13H21NO3S2/c1-11(18(15)9-10-19(3,16)17)13(14-2)12-7-5-4-6-8-12/h4-8,11,13-14H,9-10H2,1-3H3. The molecule has 108 valence electrons. The number of nitrogens with one attached hydrogen (secondary N) is 1. The third-order valence-corrected chi connectivity index (χ3v) is 5.92. The highest BCUT2D eigenvalue weighted by Crippen LogP contribution is 2.20. The van der Waals surface area contributed by atoms with Crippen LogP contribution in [-0.4, -0.2) is 42.7 Å². The zero-order valence-corrected chi connectivity index (χ0v) is 13.1. The monoisotopic (exact) mass is 303 g/mol. The van der Waals surface area contributed by atoms with Crippen molar-refractivity contribution in [1.29, 1.82) is 0 Å². The van der Waals surface area contributed by atoms with E-state index in [2.05, 4.69) is 5.32 Å². The van der Waals surface area contributed by atoms with Gasteiger partial charge in [0.2, 0.25) is 0 Å². The molecule has 0 bridgehead atoms. The summed E-state index contributed by atoms with van der Waals surface area (Å²) in [5, 5.41) is 3.01. The molecule has 1 N–H and O–H groups in total. The van der Waals surface area contributed by atoms with E-state index in [9.17, 15) is 12.6 Å². The average molecular weight is 303 g/mol. The average Bonchev–Trinajstić information content (AvgIpc) is 2.37. The SMILES string of the molecule is CNC(c1ccccc1)C(C)S(=O)CCS(C)(=O)=O. The minimum Gasteiger partial charge on any atom is -0.312 e. The van der Waals surface area contributed by atoms with Gasteiger partial charge < -0.3 is 5.32 Å². The smallest absolute Gasteiger partial charge is 0.148 e. The predicted octanol–water partition coefficient (Wildman–Crippen LogP) is 1.13. The summed E-state index contributed by atoms with van der Waals surface area (Å²) in [5.74, 6) is 0.153. The summed E-state index contributed by atoms with van der Waals surface area (Å²) in [6.07, 6.45) is 1.17. The highest BCUT2D eigenvalue weighted by atomic mass is 32.2. The molecule has 1 rings (SSSR count). The van der Waals surface area contributed by atoms with Crippen molar-refractivity contribution in [3.63, 3.8) is 0 Å². The molecule has 0 aliphatic heterocycles. The predicted molar refractivity (Wildman–Crippen MR) is 80.4 cm³/mol. The molecule has 0 aliphatic carbocycles. The molecule has 0 aliphatic rings. The number of hydrogen-bond donors (Lipinski definition) is 1. The molecule has 0 spiro atoms. The fourth-order valence-electron chi connectivity index (χ4n) is 1.90. The molecule has 0 saturated carbocycles. The summed E-state index contributed by atoms with van der Waals surface area (Å²) in [4.78, 5) is 0. The Bertz CT molecular complexity index is 514. The largest absolute Gasteiger partial charge is 0.312 e. The fourth-order valence-corrected chi connectivity index (χ4v) is 4.74. The van der Waals surface area contributed by atoms with Gasteiger partial charge in [0.05, 0.1) is 11.0 Å². The number of rotatable bonds is 7. The highest BCUT2D eigenvalue weighted by Gasteiger charge is 2.23. The van der Waals surface area contributed by atoms with Crippen molar-refractivity contribution >= 4 is 20.6 Å². The molecular weight excluding hydrogens is 282 g/mol. The third kappa shape index (κ3) is 5.42. The van der Waals surface area contributed by atoms with Crippen molar-refractivity contribution in [3.8, 4) is 0 Å². The molecule has 1 aromatic rings. The van der Waals surface area contributed by atoms with Gasteiger partial charge in [-0.25, -0.2) is 8.42 Å². The highest BCUT2D eigenvalue weighted by molar-refractivity contribution is 7.92. The van der Waals surface area contributed by atoms with Crippen LogP contribution in [0.15, 0.2) is 30.3 Å². The van der Waals surface area contributed by atoms with Crippen LogP contribution in [0.1, 0.15) is 18.5 Å². The summed E-state index contributed by atoms with van der Waals surface area (Å²) in [5.41, 5.74) is 1.06. The number of hydrogen-bond acceptors (Lipinski definition) is 4. The van der Waals surface area contributed by atoms with Crippen LogP contribution < -0.4 is 5.32 Å². The summed E-state index contributed by atoms with van der Waals surface area (Å²) in [6, 6.07) is 9.72. The summed E-state index contributed by atoms with van der Waals surface area (Å²) < 4.78 is 34.4. The first-order valence-electron chi connectivity index (χ1n) is 6.12. The summed E-state index contributed by atoms with van der Waals surface area (Å²) in [6.45, 7) is 1.88. The molecule has 0 aromatic heterocycles.